The van der Waals surface area contributed by atoms with Crippen LogP contribution in [0.5, 0.6) is 0 Å². The number of rotatable bonds is 4. The highest BCUT2D eigenvalue weighted by atomic mass is 16.5. The van der Waals surface area contributed by atoms with E-state index in [0.29, 0.717) is 25.0 Å². The Kier molecular flexibility index (Phi) is 5.20. The first kappa shape index (κ1) is 13.6. The van der Waals surface area contributed by atoms with E-state index in [1.54, 1.807) is 7.11 Å². The van der Waals surface area contributed by atoms with Gasteiger partial charge in [0.05, 0.1) is 6.61 Å². The molecule has 0 unspecified atom stereocenters. The Morgan fingerprint density at radius 1 is 1.39 bits per heavy atom. The van der Waals surface area contributed by atoms with Crippen molar-refractivity contribution in [1.82, 2.24) is 10.2 Å². The lowest BCUT2D eigenvalue weighted by Gasteiger charge is -2.32. The van der Waals surface area contributed by atoms with Crippen molar-refractivity contribution in [2.75, 3.05) is 39.9 Å². The summed E-state index contributed by atoms with van der Waals surface area (Å²) in [5.74, 6) is 1.05. The Hall–Kier alpha value is -0.870. The summed E-state index contributed by atoms with van der Waals surface area (Å²) in [5.41, 5.74) is 0. The van der Waals surface area contributed by atoms with Crippen molar-refractivity contribution < 1.29 is 9.53 Å². The number of hydrogen-bond donors (Lipinski definition) is 1. The van der Waals surface area contributed by atoms with Gasteiger partial charge in [-0.25, -0.2) is 0 Å². The van der Waals surface area contributed by atoms with Crippen LogP contribution in [0.4, 0.5) is 0 Å². The third-order valence-corrected chi connectivity index (χ3v) is 4.03. The maximum Gasteiger partial charge on any atom is 0.226 e. The molecule has 0 aromatic carbocycles. The lowest BCUT2D eigenvalue weighted by atomic mass is 9.82. The lowest BCUT2D eigenvalue weighted by Crippen LogP contribution is -2.42. The van der Waals surface area contributed by atoms with E-state index in [9.17, 15) is 4.79 Å². The van der Waals surface area contributed by atoms with Crippen molar-refractivity contribution in [3.63, 3.8) is 0 Å². The van der Waals surface area contributed by atoms with Crippen LogP contribution in [0, 0.1) is 11.8 Å². The number of carbonyl (C=O) groups is 1. The Morgan fingerprint density at radius 2 is 2.17 bits per heavy atom. The van der Waals surface area contributed by atoms with Gasteiger partial charge in [-0.2, -0.15) is 0 Å². The number of methoxy groups -OCH3 is 1. The molecule has 4 heteroatoms. The molecule has 102 valence electrons. The van der Waals surface area contributed by atoms with Crippen LogP contribution in [-0.2, 0) is 9.53 Å². The van der Waals surface area contributed by atoms with E-state index in [1.807, 2.05) is 4.90 Å². The molecule has 1 N–H and O–H groups in total. The summed E-state index contributed by atoms with van der Waals surface area (Å²) in [4.78, 5) is 14.5. The second-order valence-electron chi connectivity index (χ2n) is 5.18. The predicted molar refractivity (Wildman–Crippen MR) is 71.3 cm³/mol. The monoisotopic (exact) mass is 252 g/mol. The number of amides is 1. The minimum atomic E-state index is 0.183. The van der Waals surface area contributed by atoms with Gasteiger partial charge in [0, 0.05) is 26.1 Å². The Labute approximate surface area is 109 Å². The van der Waals surface area contributed by atoms with E-state index < -0.39 is 0 Å². The average molecular weight is 252 g/mol. The first-order valence-corrected chi connectivity index (χ1v) is 6.96. The number of carbonyl (C=O) groups excluding carboxylic acids is 1. The molecule has 0 radical (unpaired) electrons. The predicted octanol–water partition coefficient (Wildman–Crippen LogP) is 1.04. The molecule has 0 saturated carbocycles. The fraction of sp³-hybridized carbons (Fsp3) is 0.786. The van der Waals surface area contributed by atoms with Crippen LogP contribution in [0.3, 0.4) is 0 Å². The molecular weight excluding hydrogens is 228 g/mol. The SMILES string of the molecule is COCCN1CC=CC[C@@H](C2CCNCC2)C1=O. The zero-order valence-electron chi connectivity index (χ0n) is 11.2. The van der Waals surface area contributed by atoms with Gasteiger partial charge in [0.25, 0.3) is 0 Å². The number of nitrogens with one attached hydrogen (secondary N) is 1. The van der Waals surface area contributed by atoms with E-state index in [1.165, 1.54) is 0 Å². The normalized spacial score (nSPS) is 26.4. The molecular formula is C14H24N2O2. The number of ether oxygens (including phenoxy) is 1. The molecule has 2 heterocycles. The molecule has 0 aromatic heterocycles. The van der Waals surface area contributed by atoms with Crippen LogP contribution in [-0.4, -0.2) is 50.7 Å². The zero-order chi connectivity index (χ0) is 12.8. The van der Waals surface area contributed by atoms with E-state index >= 15 is 0 Å². The standard InChI is InChI=1S/C14H24N2O2/c1-18-11-10-16-9-3-2-4-13(14(16)17)12-5-7-15-8-6-12/h2-3,12-13,15H,4-11H2,1H3/t13-/m0/s1. The van der Waals surface area contributed by atoms with Gasteiger partial charge in [-0.1, -0.05) is 12.2 Å². The van der Waals surface area contributed by atoms with Crippen LogP contribution in [0.2, 0.25) is 0 Å². The highest BCUT2D eigenvalue weighted by Gasteiger charge is 2.32. The smallest absolute Gasteiger partial charge is 0.226 e. The van der Waals surface area contributed by atoms with Gasteiger partial charge < -0.3 is 15.0 Å². The summed E-state index contributed by atoms with van der Waals surface area (Å²) in [7, 11) is 1.68. The van der Waals surface area contributed by atoms with Gasteiger partial charge in [0.1, 0.15) is 0 Å². The second kappa shape index (κ2) is 6.90. The largest absolute Gasteiger partial charge is 0.383 e. The number of piperidine rings is 1. The Morgan fingerprint density at radius 3 is 2.89 bits per heavy atom. The molecule has 1 amide bonds. The molecule has 18 heavy (non-hydrogen) atoms. The van der Waals surface area contributed by atoms with Gasteiger partial charge in [0.2, 0.25) is 5.91 Å². The van der Waals surface area contributed by atoms with Crippen molar-refractivity contribution >= 4 is 5.91 Å². The summed E-state index contributed by atoms with van der Waals surface area (Å²) in [6, 6.07) is 0. The van der Waals surface area contributed by atoms with Gasteiger partial charge in [-0.05, 0) is 38.3 Å². The first-order chi connectivity index (χ1) is 8.83. The van der Waals surface area contributed by atoms with Crippen LogP contribution in [0.1, 0.15) is 19.3 Å². The maximum absolute atomic E-state index is 12.6. The van der Waals surface area contributed by atoms with E-state index in [4.69, 9.17) is 4.74 Å². The lowest BCUT2D eigenvalue weighted by molar-refractivity contribution is -0.137. The summed E-state index contributed by atoms with van der Waals surface area (Å²) in [6.07, 6.45) is 7.46. The van der Waals surface area contributed by atoms with Gasteiger partial charge >= 0.3 is 0 Å². The molecule has 2 aliphatic rings. The van der Waals surface area contributed by atoms with Crippen LogP contribution in [0.25, 0.3) is 0 Å². The molecule has 2 rings (SSSR count). The summed E-state index contributed by atoms with van der Waals surface area (Å²) in [6.45, 7) is 4.18. The van der Waals surface area contributed by atoms with Crippen molar-refractivity contribution in [2.24, 2.45) is 11.8 Å². The Balaban J connectivity index is 1.99. The molecule has 2 aliphatic heterocycles. The molecule has 4 nitrogen and oxygen atoms in total. The van der Waals surface area contributed by atoms with Crippen LogP contribution in [0.15, 0.2) is 12.2 Å². The van der Waals surface area contributed by atoms with Gasteiger partial charge in [0.15, 0.2) is 0 Å². The van der Waals surface area contributed by atoms with Crippen molar-refractivity contribution in [3.8, 4) is 0 Å². The topological polar surface area (TPSA) is 41.6 Å². The molecule has 0 spiro atoms. The maximum atomic E-state index is 12.6. The van der Waals surface area contributed by atoms with Crippen LogP contribution < -0.4 is 5.32 Å². The van der Waals surface area contributed by atoms with Gasteiger partial charge in [-0.3, -0.25) is 4.79 Å². The van der Waals surface area contributed by atoms with Crippen LogP contribution >= 0.6 is 0 Å². The summed E-state index contributed by atoms with van der Waals surface area (Å²) in [5, 5.41) is 3.37. The van der Waals surface area contributed by atoms with Crippen molar-refractivity contribution in [3.05, 3.63) is 12.2 Å². The fourth-order valence-electron chi connectivity index (χ4n) is 2.91. The zero-order valence-corrected chi connectivity index (χ0v) is 11.2. The first-order valence-electron chi connectivity index (χ1n) is 6.96. The fourth-order valence-corrected chi connectivity index (χ4v) is 2.91. The molecule has 1 saturated heterocycles. The molecule has 0 bridgehead atoms. The Bertz CT molecular complexity index is 298. The minimum absolute atomic E-state index is 0.183. The van der Waals surface area contributed by atoms with E-state index in [0.717, 1.165) is 38.9 Å². The van der Waals surface area contributed by atoms with E-state index in [-0.39, 0.29) is 5.92 Å². The molecule has 0 aliphatic carbocycles. The van der Waals surface area contributed by atoms with Crippen molar-refractivity contribution in [2.45, 2.75) is 19.3 Å². The molecule has 0 aromatic rings. The number of nitrogens with zero attached hydrogens (tertiary/aromatic N) is 1. The average Bonchev–Trinajstić information content (AvgIpc) is 2.60. The second-order valence-corrected chi connectivity index (χ2v) is 5.18. The highest BCUT2D eigenvalue weighted by Crippen LogP contribution is 2.28. The van der Waals surface area contributed by atoms with E-state index in [2.05, 4.69) is 17.5 Å². The molecule has 1 fully saturated rings. The van der Waals surface area contributed by atoms with Gasteiger partial charge in [-0.15, -0.1) is 0 Å². The quantitative estimate of drug-likeness (QED) is 0.760. The van der Waals surface area contributed by atoms with Crippen molar-refractivity contribution in [1.29, 1.82) is 0 Å². The summed E-state index contributed by atoms with van der Waals surface area (Å²) >= 11 is 0. The third-order valence-electron chi connectivity index (χ3n) is 4.03. The number of hydrogen-bond acceptors (Lipinski definition) is 3. The third kappa shape index (κ3) is 3.33. The highest BCUT2D eigenvalue weighted by molar-refractivity contribution is 5.80. The number of allylic oxidation sites excluding steroid dienone is 1. The molecule has 1 atom stereocenters. The summed E-state index contributed by atoms with van der Waals surface area (Å²) < 4.78 is 5.09. The minimum Gasteiger partial charge on any atom is -0.383 e.